The summed E-state index contributed by atoms with van der Waals surface area (Å²) in [6, 6.07) is 0. The lowest BCUT2D eigenvalue weighted by Crippen LogP contribution is -1.96. The molecule has 1 aromatic heterocycles. The number of aryl methyl sites for hydroxylation is 1. The van der Waals surface area contributed by atoms with Crippen LogP contribution in [0.15, 0.2) is 12.4 Å². The first kappa shape index (κ1) is 16.3. The monoisotopic (exact) mass is 263 g/mol. The number of unbranched alkanes of at least 4 members (excludes halogenated alkanes) is 7. The largest absolute Gasteiger partial charge is 0.367 e. The number of hydrogen-bond donors (Lipinski definition) is 1. The quantitative estimate of drug-likeness (QED) is 0.479. The highest BCUT2D eigenvalue weighted by molar-refractivity contribution is 5.23. The molecule has 0 saturated heterocycles. The molecule has 0 aliphatic rings. The first-order valence-electron chi connectivity index (χ1n) is 8.38. The van der Waals surface area contributed by atoms with Crippen molar-refractivity contribution in [3.8, 4) is 0 Å². The highest BCUT2D eigenvalue weighted by Gasteiger charge is 2.05. The average molecular weight is 263 g/mol. The van der Waals surface area contributed by atoms with Crippen molar-refractivity contribution in [3.63, 3.8) is 0 Å². The van der Waals surface area contributed by atoms with Gasteiger partial charge in [-0.05, 0) is 36.3 Å². The van der Waals surface area contributed by atoms with E-state index in [0.29, 0.717) is 0 Å². The number of aromatic nitrogens is 1. The molecule has 0 atom stereocenters. The van der Waals surface area contributed by atoms with Crippen molar-refractivity contribution in [2.24, 2.45) is 5.92 Å². The predicted octanol–water partition coefficient (Wildman–Crippen LogP) is 5.90. The van der Waals surface area contributed by atoms with Crippen LogP contribution in [0.3, 0.4) is 0 Å². The summed E-state index contributed by atoms with van der Waals surface area (Å²) in [5.41, 5.74) is 3.10. The molecule has 1 N–H and O–H groups in total. The van der Waals surface area contributed by atoms with E-state index in [1.54, 1.807) is 5.56 Å². The third kappa shape index (κ3) is 7.44. The van der Waals surface area contributed by atoms with E-state index < -0.39 is 0 Å². The summed E-state index contributed by atoms with van der Waals surface area (Å²) >= 11 is 0. The summed E-state index contributed by atoms with van der Waals surface area (Å²) < 4.78 is 0. The predicted molar refractivity (Wildman–Crippen MR) is 85.6 cm³/mol. The van der Waals surface area contributed by atoms with Gasteiger partial charge in [0.1, 0.15) is 0 Å². The molecule has 0 radical (unpaired) electrons. The van der Waals surface area contributed by atoms with Gasteiger partial charge >= 0.3 is 0 Å². The van der Waals surface area contributed by atoms with Crippen LogP contribution in [-0.2, 0) is 12.8 Å². The topological polar surface area (TPSA) is 15.8 Å². The molecule has 110 valence electrons. The lowest BCUT2D eigenvalue weighted by molar-refractivity contribution is 0.574. The van der Waals surface area contributed by atoms with Crippen LogP contribution in [-0.4, -0.2) is 4.98 Å². The van der Waals surface area contributed by atoms with E-state index in [1.807, 2.05) is 0 Å². The van der Waals surface area contributed by atoms with Crippen LogP contribution in [0, 0.1) is 5.92 Å². The molecule has 1 heteroatoms. The molecular weight excluding hydrogens is 230 g/mol. The normalized spacial score (nSPS) is 11.4. The molecule has 0 spiro atoms. The maximum absolute atomic E-state index is 3.28. The fourth-order valence-electron chi connectivity index (χ4n) is 2.74. The van der Waals surface area contributed by atoms with Gasteiger partial charge in [0, 0.05) is 12.4 Å². The lowest BCUT2D eigenvalue weighted by Gasteiger charge is -2.06. The van der Waals surface area contributed by atoms with Gasteiger partial charge < -0.3 is 4.98 Å². The summed E-state index contributed by atoms with van der Waals surface area (Å²) in [6.07, 6.45) is 18.2. The van der Waals surface area contributed by atoms with Crippen LogP contribution in [0.4, 0.5) is 0 Å². The Morgan fingerprint density at radius 2 is 1.42 bits per heavy atom. The van der Waals surface area contributed by atoms with E-state index in [-0.39, 0.29) is 0 Å². The summed E-state index contributed by atoms with van der Waals surface area (Å²) in [4.78, 5) is 3.28. The van der Waals surface area contributed by atoms with Crippen LogP contribution in [0.5, 0.6) is 0 Å². The lowest BCUT2D eigenvalue weighted by atomic mass is 9.98. The molecule has 0 aliphatic heterocycles. The van der Waals surface area contributed by atoms with Crippen molar-refractivity contribution in [2.75, 3.05) is 0 Å². The minimum atomic E-state index is 0.758. The van der Waals surface area contributed by atoms with Gasteiger partial charge in [0.05, 0.1) is 0 Å². The third-order valence-corrected chi connectivity index (χ3v) is 3.86. The molecule has 0 saturated carbocycles. The van der Waals surface area contributed by atoms with Gasteiger partial charge in [0.2, 0.25) is 0 Å². The van der Waals surface area contributed by atoms with Crippen LogP contribution in [0.1, 0.15) is 83.3 Å². The number of hydrogen-bond acceptors (Lipinski definition) is 0. The maximum Gasteiger partial charge on any atom is 0.00403 e. The van der Waals surface area contributed by atoms with Gasteiger partial charge in [-0.2, -0.15) is 0 Å². The minimum Gasteiger partial charge on any atom is -0.367 e. The molecule has 0 bridgehead atoms. The Morgan fingerprint density at radius 1 is 0.842 bits per heavy atom. The molecule has 0 unspecified atom stereocenters. The van der Waals surface area contributed by atoms with E-state index in [9.17, 15) is 0 Å². The SMILES string of the molecule is CCCCCCCCCCc1c[nH]cc1CC(C)C. The molecule has 1 aromatic rings. The zero-order chi connectivity index (χ0) is 13.9. The maximum atomic E-state index is 3.28. The van der Waals surface area contributed by atoms with Crippen LogP contribution < -0.4 is 0 Å². The molecular formula is C18H33N. The van der Waals surface area contributed by atoms with Crippen LogP contribution in [0.2, 0.25) is 0 Å². The van der Waals surface area contributed by atoms with E-state index in [2.05, 4.69) is 38.1 Å². The second-order valence-corrected chi connectivity index (χ2v) is 6.33. The fourth-order valence-corrected chi connectivity index (χ4v) is 2.74. The Balaban J connectivity index is 2.07. The van der Waals surface area contributed by atoms with Crippen LogP contribution in [0.25, 0.3) is 0 Å². The summed E-state index contributed by atoms with van der Waals surface area (Å²) in [7, 11) is 0. The zero-order valence-corrected chi connectivity index (χ0v) is 13.3. The van der Waals surface area contributed by atoms with Gasteiger partial charge in [-0.25, -0.2) is 0 Å². The smallest absolute Gasteiger partial charge is 0.00403 e. The van der Waals surface area contributed by atoms with E-state index >= 15 is 0 Å². The first-order valence-corrected chi connectivity index (χ1v) is 8.38. The van der Waals surface area contributed by atoms with Crippen molar-refractivity contribution in [1.82, 2.24) is 4.98 Å². The highest BCUT2D eigenvalue weighted by atomic mass is 14.6. The van der Waals surface area contributed by atoms with Gasteiger partial charge in [-0.1, -0.05) is 65.7 Å². The number of H-pyrrole nitrogens is 1. The number of rotatable bonds is 11. The summed E-state index contributed by atoms with van der Waals surface area (Å²) in [5, 5.41) is 0. The van der Waals surface area contributed by atoms with Gasteiger partial charge in [0.25, 0.3) is 0 Å². The van der Waals surface area contributed by atoms with Crippen molar-refractivity contribution >= 4 is 0 Å². The van der Waals surface area contributed by atoms with E-state index in [0.717, 1.165) is 5.92 Å². The Hall–Kier alpha value is -0.720. The molecule has 1 rings (SSSR count). The molecule has 0 fully saturated rings. The summed E-state index contributed by atoms with van der Waals surface area (Å²) in [6.45, 7) is 6.88. The van der Waals surface area contributed by atoms with Crippen molar-refractivity contribution in [1.29, 1.82) is 0 Å². The van der Waals surface area contributed by atoms with Crippen molar-refractivity contribution < 1.29 is 0 Å². The van der Waals surface area contributed by atoms with Crippen LogP contribution >= 0.6 is 0 Å². The molecule has 0 amide bonds. The molecule has 0 aliphatic carbocycles. The van der Waals surface area contributed by atoms with Crippen molar-refractivity contribution in [3.05, 3.63) is 23.5 Å². The second kappa shape index (κ2) is 10.1. The number of aromatic amines is 1. The Bertz CT molecular complexity index is 311. The first-order chi connectivity index (χ1) is 9.24. The van der Waals surface area contributed by atoms with Gasteiger partial charge in [-0.3, -0.25) is 0 Å². The van der Waals surface area contributed by atoms with Gasteiger partial charge in [0.15, 0.2) is 0 Å². The second-order valence-electron chi connectivity index (χ2n) is 6.33. The Labute approximate surface area is 120 Å². The Kier molecular flexibility index (Phi) is 8.69. The third-order valence-electron chi connectivity index (χ3n) is 3.86. The minimum absolute atomic E-state index is 0.758. The molecule has 1 heterocycles. The van der Waals surface area contributed by atoms with E-state index in [1.165, 1.54) is 69.8 Å². The highest BCUT2D eigenvalue weighted by Crippen LogP contribution is 2.17. The zero-order valence-electron chi connectivity index (χ0n) is 13.3. The Morgan fingerprint density at radius 3 is 2.05 bits per heavy atom. The molecule has 1 nitrogen and oxygen atoms in total. The van der Waals surface area contributed by atoms with E-state index in [4.69, 9.17) is 0 Å². The molecule has 19 heavy (non-hydrogen) atoms. The summed E-state index contributed by atoms with van der Waals surface area (Å²) in [5.74, 6) is 0.758. The van der Waals surface area contributed by atoms with Crippen molar-refractivity contribution in [2.45, 2.75) is 85.0 Å². The average Bonchev–Trinajstić information content (AvgIpc) is 2.79. The fraction of sp³-hybridized carbons (Fsp3) is 0.778. The molecule has 0 aromatic carbocycles. The number of nitrogens with one attached hydrogen (secondary N) is 1. The standard InChI is InChI=1S/C18H33N/c1-4-5-6-7-8-9-10-11-12-17-14-19-15-18(17)13-16(2)3/h14-16,19H,4-13H2,1-3H3. The van der Waals surface area contributed by atoms with Gasteiger partial charge in [-0.15, -0.1) is 0 Å².